The third-order valence-electron chi connectivity index (χ3n) is 8.54. The van der Waals surface area contributed by atoms with Crippen LogP contribution in [0.4, 0.5) is 0 Å². The van der Waals surface area contributed by atoms with Crippen molar-refractivity contribution >= 4 is 29.2 Å². The minimum Gasteiger partial charge on any atom is -0.481 e. The number of carboxylic acid groups (broad SMARTS) is 1. The van der Waals surface area contributed by atoms with E-state index in [0.717, 1.165) is 24.8 Å². The molecule has 4 aliphatic rings. The monoisotopic (exact) mass is 477 g/mol. The normalized spacial score (nSPS) is 31.8. The van der Waals surface area contributed by atoms with Crippen molar-refractivity contribution < 1.29 is 9.90 Å². The summed E-state index contributed by atoms with van der Waals surface area (Å²) in [5.74, 6) is -0.804. The Kier molecular flexibility index (Phi) is 4.88. The molecule has 0 aromatic heterocycles. The molecule has 3 aromatic rings. The summed E-state index contributed by atoms with van der Waals surface area (Å²) in [6, 6.07) is 24.7. The highest BCUT2D eigenvalue weighted by Gasteiger charge is 2.71. The van der Waals surface area contributed by atoms with Crippen LogP contribution in [0.15, 0.2) is 72.8 Å². The molecule has 33 heavy (non-hydrogen) atoms. The Morgan fingerprint density at radius 1 is 1.00 bits per heavy atom. The maximum Gasteiger partial charge on any atom is 0.311 e. The first kappa shape index (κ1) is 21.2. The average Bonchev–Trinajstić information content (AvgIpc) is 3.24. The van der Waals surface area contributed by atoms with Crippen molar-refractivity contribution in [3.8, 4) is 0 Å². The van der Waals surface area contributed by atoms with Crippen LogP contribution in [0.25, 0.3) is 0 Å². The van der Waals surface area contributed by atoms with Crippen LogP contribution < -0.4 is 5.32 Å². The molecule has 1 saturated heterocycles. The van der Waals surface area contributed by atoms with Crippen molar-refractivity contribution in [2.75, 3.05) is 6.54 Å². The Balaban J connectivity index is 1.62. The molecule has 5 unspecified atom stereocenters. The molecular formula is C28H25Cl2NO2. The van der Waals surface area contributed by atoms with Crippen molar-refractivity contribution in [3.05, 3.63) is 105 Å². The maximum atomic E-state index is 13.2. The molecule has 1 aliphatic heterocycles. The van der Waals surface area contributed by atoms with Crippen LogP contribution in [0, 0.1) is 11.3 Å². The van der Waals surface area contributed by atoms with Crippen LogP contribution in [0.5, 0.6) is 0 Å². The van der Waals surface area contributed by atoms with Gasteiger partial charge in [0, 0.05) is 29.8 Å². The molecule has 3 aromatic carbocycles. The number of carbonyl (C=O) groups is 1. The first-order valence-corrected chi connectivity index (χ1v) is 12.3. The van der Waals surface area contributed by atoms with Gasteiger partial charge in [-0.3, -0.25) is 4.79 Å². The number of aliphatic carboxylic acids is 1. The van der Waals surface area contributed by atoms with Gasteiger partial charge in [-0.05, 0) is 53.6 Å². The van der Waals surface area contributed by atoms with Gasteiger partial charge in [0.05, 0.1) is 15.5 Å². The second-order valence-corrected chi connectivity index (χ2v) is 10.6. The first-order chi connectivity index (χ1) is 16.0. The third-order valence-corrected chi connectivity index (χ3v) is 9.28. The molecular weight excluding hydrogens is 453 g/mol. The number of carboxylic acids is 1. The van der Waals surface area contributed by atoms with Gasteiger partial charge in [-0.1, -0.05) is 83.9 Å². The number of rotatable bonds is 4. The fourth-order valence-electron chi connectivity index (χ4n) is 7.41. The van der Waals surface area contributed by atoms with E-state index < -0.39 is 16.8 Å². The second-order valence-electron chi connectivity index (χ2n) is 9.78. The first-order valence-electron chi connectivity index (χ1n) is 11.5. The Hall–Kier alpha value is -2.33. The molecule has 7 rings (SSSR count). The summed E-state index contributed by atoms with van der Waals surface area (Å²) in [5, 5.41) is 15.5. The predicted octanol–water partition coefficient (Wildman–Crippen LogP) is 6.07. The van der Waals surface area contributed by atoms with Gasteiger partial charge in [0.25, 0.3) is 0 Å². The van der Waals surface area contributed by atoms with Crippen LogP contribution in [0.2, 0.25) is 10.0 Å². The number of fused-ring (bicyclic) bond motifs is 1. The fourth-order valence-corrected chi connectivity index (χ4v) is 7.70. The van der Waals surface area contributed by atoms with Crippen LogP contribution >= 0.6 is 23.2 Å². The van der Waals surface area contributed by atoms with Crippen molar-refractivity contribution in [1.29, 1.82) is 0 Å². The summed E-state index contributed by atoms with van der Waals surface area (Å²) in [6.45, 7) is 0.479. The Bertz CT molecular complexity index is 1250. The van der Waals surface area contributed by atoms with Gasteiger partial charge in [0.2, 0.25) is 0 Å². The zero-order chi connectivity index (χ0) is 22.8. The van der Waals surface area contributed by atoms with Crippen molar-refractivity contribution in [2.24, 2.45) is 11.3 Å². The zero-order valence-corrected chi connectivity index (χ0v) is 19.6. The highest BCUT2D eigenvalue weighted by Crippen LogP contribution is 2.69. The number of halogens is 2. The molecule has 0 amide bonds. The molecule has 5 atom stereocenters. The molecule has 3 nitrogen and oxygen atoms in total. The van der Waals surface area contributed by atoms with Crippen LogP contribution in [-0.4, -0.2) is 23.7 Å². The van der Waals surface area contributed by atoms with Crippen LogP contribution in [-0.2, 0) is 16.6 Å². The van der Waals surface area contributed by atoms with Gasteiger partial charge in [-0.15, -0.1) is 0 Å². The van der Waals surface area contributed by atoms with Crippen LogP contribution in [0.1, 0.15) is 41.0 Å². The number of hydrogen-bond donors (Lipinski definition) is 2. The van der Waals surface area contributed by atoms with E-state index in [1.165, 1.54) is 16.7 Å². The summed E-state index contributed by atoms with van der Waals surface area (Å²) in [4.78, 5) is 13.2. The van der Waals surface area contributed by atoms with Crippen molar-refractivity contribution in [1.82, 2.24) is 5.32 Å². The Morgan fingerprint density at radius 3 is 2.52 bits per heavy atom. The van der Waals surface area contributed by atoms with Gasteiger partial charge >= 0.3 is 5.97 Å². The van der Waals surface area contributed by atoms with Crippen molar-refractivity contribution in [3.63, 3.8) is 0 Å². The highest BCUT2D eigenvalue weighted by atomic mass is 35.5. The van der Waals surface area contributed by atoms with E-state index in [2.05, 4.69) is 41.7 Å². The SMILES string of the molecule is O=C(O)C12CNC(Cc3ccccc3)C1C1(c3ccc(Cl)c(Cl)c3)CCC2c2ccccc21. The zero-order valence-electron chi connectivity index (χ0n) is 18.1. The molecule has 2 fully saturated rings. The van der Waals surface area contributed by atoms with Crippen molar-refractivity contribution in [2.45, 2.75) is 36.6 Å². The lowest BCUT2D eigenvalue weighted by Gasteiger charge is -2.60. The lowest BCUT2D eigenvalue weighted by Crippen LogP contribution is -2.62. The molecule has 168 valence electrons. The predicted molar refractivity (Wildman–Crippen MR) is 131 cm³/mol. The topological polar surface area (TPSA) is 49.3 Å². The van der Waals surface area contributed by atoms with E-state index in [4.69, 9.17) is 23.2 Å². The maximum absolute atomic E-state index is 13.2. The lowest BCUT2D eigenvalue weighted by molar-refractivity contribution is -0.158. The smallest absolute Gasteiger partial charge is 0.311 e. The summed E-state index contributed by atoms with van der Waals surface area (Å²) < 4.78 is 0. The number of benzene rings is 3. The van der Waals surface area contributed by atoms with E-state index in [1.807, 2.05) is 36.4 Å². The minimum atomic E-state index is -0.863. The molecule has 0 radical (unpaired) electrons. The Labute approximate surface area is 203 Å². The second kappa shape index (κ2) is 7.59. The summed E-state index contributed by atoms with van der Waals surface area (Å²) >= 11 is 12.8. The molecule has 3 aliphatic carbocycles. The average molecular weight is 478 g/mol. The molecule has 1 saturated carbocycles. The molecule has 2 bridgehead atoms. The molecule has 2 N–H and O–H groups in total. The molecule has 1 heterocycles. The van der Waals surface area contributed by atoms with Gasteiger partial charge in [-0.2, -0.15) is 0 Å². The van der Waals surface area contributed by atoms with Gasteiger partial charge in [0.1, 0.15) is 0 Å². The highest BCUT2D eigenvalue weighted by molar-refractivity contribution is 6.42. The summed E-state index contributed by atoms with van der Waals surface area (Å²) in [5.41, 5.74) is 3.41. The fraction of sp³-hybridized carbons (Fsp3) is 0.321. The van der Waals surface area contributed by atoms with Gasteiger partial charge in [0.15, 0.2) is 0 Å². The van der Waals surface area contributed by atoms with Crippen LogP contribution in [0.3, 0.4) is 0 Å². The van der Waals surface area contributed by atoms with Gasteiger partial charge in [-0.25, -0.2) is 0 Å². The largest absolute Gasteiger partial charge is 0.481 e. The van der Waals surface area contributed by atoms with E-state index in [1.54, 1.807) is 0 Å². The quantitative estimate of drug-likeness (QED) is 0.479. The third kappa shape index (κ3) is 2.83. The molecule has 5 heteroatoms. The van der Waals surface area contributed by atoms with E-state index in [0.29, 0.717) is 16.6 Å². The number of hydrogen-bond acceptors (Lipinski definition) is 2. The Morgan fingerprint density at radius 2 is 1.76 bits per heavy atom. The van der Waals surface area contributed by atoms with E-state index in [9.17, 15) is 9.90 Å². The van der Waals surface area contributed by atoms with E-state index >= 15 is 0 Å². The van der Waals surface area contributed by atoms with E-state index in [-0.39, 0.29) is 17.9 Å². The molecule has 0 spiro atoms. The minimum absolute atomic E-state index is 0.00544. The van der Waals surface area contributed by atoms with Gasteiger partial charge < -0.3 is 10.4 Å². The summed E-state index contributed by atoms with van der Waals surface area (Å²) in [7, 11) is 0. The number of nitrogens with one attached hydrogen (secondary N) is 1. The lowest BCUT2D eigenvalue weighted by atomic mass is 9.41. The standard InChI is InChI=1S/C28H25Cl2NO2/c29-22-11-10-18(15-23(22)30)27-13-12-21(19-8-4-5-9-20(19)27)28(26(32)33)16-31-24(25(27)28)14-17-6-2-1-3-7-17/h1-11,15,21,24-25,31H,12-14,16H2,(H,32,33). The summed E-state index contributed by atoms with van der Waals surface area (Å²) in [6.07, 6.45) is 2.54.